The molecule has 0 aromatic carbocycles. The SMILES string of the molecule is CO[C@@]12CC[C@]3(C)[C@@H]([C@H](C)C/C=C/C(C)(C)C)CC[C@@]3(C)C1[C@@H](O)C=C1C2CC[C@H](O)C1(C)C. The summed E-state index contributed by atoms with van der Waals surface area (Å²) >= 11 is 0. The predicted molar refractivity (Wildman–Crippen MR) is 140 cm³/mol. The molecule has 4 rings (SSSR count). The zero-order valence-electron chi connectivity index (χ0n) is 23.4. The molecule has 9 atom stereocenters. The number of aliphatic hydroxyl groups excluding tert-OH is 2. The van der Waals surface area contributed by atoms with E-state index in [-0.39, 0.29) is 45.2 Å². The van der Waals surface area contributed by atoms with Crippen LogP contribution in [0.25, 0.3) is 0 Å². The Balaban J connectivity index is 1.70. The summed E-state index contributed by atoms with van der Waals surface area (Å²) in [7, 11) is 1.89. The zero-order chi connectivity index (χ0) is 25.3. The van der Waals surface area contributed by atoms with Crippen molar-refractivity contribution in [2.45, 2.75) is 118 Å². The van der Waals surface area contributed by atoms with Gasteiger partial charge in [-0.15, -0.1) is 0 Å². The minimum absolute atomic E-state index is 0.0373. The van der Waals surface area contributed by atoms with Crippen molar-refractivity contribution in [1.82, 2.24) is 0 Å². The molecular formula is C31H52O3. The molecule has 194 valence electrons. The van der Waals surface area contributed by atoms with Crippen LogP contribution in [0.15, 0.2) is 23.8 Å². The van der Waals surface area contributed by atoms with E-state index < -0.39 is 6.10 Å². The van der Waals surface area contributed by atoms with Crippen LogP contribution in [0.4, 0.5) is 0 Å². The van der Waals surface area contributed by atoms with Crippen molar-refractivity contribution in [2.75, 3.05) is 7.11 Å². The van der Waals surface area contributed by atoms with Gasteiger partial charge in [0.25, 0.3) is 0 Å². The third kappa shape index (κ3) is 3.70. The first kappa shape index (κ1) is 26.4. The van der Waals surface area contributed by atoms with Crippen molar-refractivity contribution >= 4 is 0 Å². The largest absolute Gasteiger partial charge is 0.392 e. The second-order valence-electron chi connectivity index (χ2n) is 14.6. The molecule has 0 aromatic heterocycles. The second-order valence-corrected chi connectivity index (χ2v) is 14.6. The summed E-state index contributed by atoms with van der Waals surface area (Å²) in [6.07, 6.45) is 13.5. The standard InChI is InChI=1S/C31H52O3/c1-20(11-10-15-27(2,3)4)21-14-16-30(8)26-24(32)19-23-22(12-13-25(33)28(23,5)6)31(26,34-9)18-17-29(21,30)7/h10,15,19-22,24-26,32-33H,11-14,16-18H2,1-9H3/b15-10+/t20-,21-,22?,24+,25+,26?,29-,30+,31-/m1/s1. The monoisotopic (exact) mass is 472 g/mol. The van der Waals surface area contributed by atoms with Crippen molar-refractivity contribution in [2.24, 2.45) is 45.3 Å². The lowest BCUT2D eigenvalue weighted by Crippen LogP contribution is -2.68. The molecule has 0 aromatic rings. The van der Waals surface area contributed by atoms with Crippen LogP contribution in [0.5, 0.6) is 0 Å². The van der Waals surface area contributed by atoms with Crippen molar-refractivity contribution in [3.05, 3.63) is 23.8 Å². The maximum absolute atomic E-state index is 11.8. The zero-order valence-corrected chi connectivity index (χ0v) is 23.4. The molecule has 0 spiro atoms. The van der Waals surface area contributed by atoms with E-state index >= 15 is 0 Å². The normalized spacial score (nSPS) is 47.0. The Kier molecular flexibility index (Phi) is 6.57. The van der Waals surface area contributed by atoms with Crippen LogP contribution in [0.3, 0.4) is 0 Å². The van der Waals surface area contributed by atoms with E-state index in [1.54, 1.807) is 0 Å². The first-order valence-electron chi connectivity index (χ1n) is 14.0. The summed E-state index contributed by atoms with van der Waals surface area (Å²) in [5, 5.41) is 22.6. The van der Waals surface area contributed by atoms with Crippen molar-refractivity contribution in [3.63, 3.8) is 0 Å². The minimum atomic E-state index is -0.518. The Morgan fingerprint density at radius 2 is 1.71 bits per heavy atom. The highest BCUT2D eigenvalue weighted by atomic mass is 16.5. The predicted octanol–water partition coefficient (Wildman–Crippen LogP) is 6.93. The molecule has 0 bridgehead atoms. The molecule has 34 heavy (non-hydrogen) atoms. The van der Waals surface area contributed by atoms with E-state index in [1.165, 1.54) is 12.0 Å². The maximum Gasteiger partial charge on any atom is 0.0805 e. The number of aliphatic hydroxyl groups is 2. The van der Waals surface area contributed by atoms with Gasteiger partial charge in [0.2, 0.25) is 0 Å². The third-order valence-electron chi connectivity index (χ3n) is 11.5. The summed E-state index contributed by atoms with van der Waals surface area (Å²) in [5.74, 6) is 1.69. The Morgan fingerprint density at radius 3 is 2.32 bits per heavy atom. The third-order valence-corrected chi connectivity index (χ3v) is 11.5. The van der Waals surface area contributed by atoms with Crippen LogP contribution in [0.2, 0.25) is 0 Å². The molecule has 0 heterocycles. The lowest BCUT2D eigenvalue weighted by molar-refractivity contribution is -0.235. The summed E-state index contributed by atoms with van der Waals surface area (Å²) < 4.78 is 6.57. The van der Waals surface area contributed by atoms with E-state index in [0.29, 0.717) is 11.8 Å². The van der Waals surface area contributed by atoms with Gasteiger partial charge in [-0.1, -0.05) is 79.2 Å². The molecule has 0 aliphatic heterocycles. The molecule has 0 saturated heterocycles. The summed E-state index contributed by atoms with van der Waals surface area (Å²) in [6.45, 7) is 18.6. The lowest BCUT2D eigenvalue weighted by Gasteiger charge is -2.66. The molecule has 4 aliphatic carbocycles. The van der Waals surface area contributed by atoms with E-state index in [1.807, 2.05) is 7.11 Å². The molecule has 3 heteroatoms. The fraction of sp³-hybridized carbons (Fsp3) is 0.871. The van der Waals surface area contributed by atoms with E-state index in [9.17, 15) is 10.2 Å². The van der Waals surface area contributed by atoms with Gasteiger partial charge in [0, 0.05) is 24.4 Å². The minimum Gasteiger partial charge on any atom is -0.392 e. The molecule has 2 N–H and O–H groups in total. The van der Waals surface area contributed by atoms with Crippen molar-refractivity contribution < 1.29 is 14.9 Å². The summed E-state index contributed by atoms with van der Waals surface area (Å²) in [5.41, 5.74) is 1.06. The van der Waals surface area contributed by atoms with Crippen LogP contribution in [-0.4, -0.2) is 35.1 Å². The first-order chi connectivity index (χ1) is 15.6. The number of hydrogen-bond acceptors (Lipinski definition) is 3. The molecular weight excluding hydrogens is 420 g/mol. The Labute approximate surface area is 209 Å². The van der Waals surface area contributed by atoms with Crippen molar-refractivity contribution in [3.8, 4) is 0 Å². The number of ether oxygens (including phenoxy) is 1. The highest BCUT2D eigenvalue weighted by molar-refractivity contribution is 5.34. The van der Waals surface area contributed by atoms with Gasteiger partial charge in [-0.05, 0) is 73.0 Å². The molecule has 0 amide bonds. The van der Waals surface area contributed by atoms with Gasteiger partial charge in [0.1, 0.15) is 0 Å². The molecule has 2 unspecified atom stereocenters. The number of rotatable bonds is 4. The van der Waals surface area contributed by atoms with Gasteiger partial charge in [0.05, 0.1) is 17.8 Å². The Hall–Kier alpha value is -0.640. The molecule has 3 nitrogen and oxygen atoms in total. The molecule has 0 radical (unpaired) electrons. The van der Waals surface area contributed by atoms with Crippen LogP contribution in [0, 0.1) is 45.3 Å². The Morgan fingerprint density at radius 1 is 1.03 bits per heavy atom. The smallest absolute Gasteiger partial charge is 0.0805 e. The van der Waals surface area contributed by atoms with Gasteiger partial charge in [-0.3, -0.25) is 0 Å². The first-order valence-corrected chi connectivity index (χ1v) is 14.0. The van der Waals surface area contributed by atoms with Crippen LogP contribution < -0.4 is 0 Å². The van der Waals surface area contributed by atoms with E-state index in [0.717, 1.165) is 38.5 Å². The van der Waals surface area contributed by atoms with Gasteiger partial charge < -0.3 is 14.9 Å². The number of methoxy groups -OCH3 is 1. The van der Waals surface area contributed by atoms with Crippen LogP contribution >= 0.6 is 0 Å². The maximum atomic E-state index is 11.8. The highest BCUT2D eigenvalue weighted by Gasteiger charge is 2.71. The average Bonchev–Trinajstić information content (AvgIpc) is 3.01. The van der Waals surface area contributed by atoms with Gasteiger partial charge >= 0.3 is 0 Å². The summed E-state index contributed by atoms with van der Waals surface area (Å²) in [6, 6.07) is 0. The fourth-order valence-electron chi connectivity index (χ4n) is 9.36. The molecule has 3 fully saturated rings. The second kappa shape index (κ2) is 8.45. The highest BCUT2D eigenvalue weighted by Crippen LogP contribution is 2.73. The average molecular weight is 473 g/mol. The van der Waals surface area contributed by atoms with Gasteiger partial charge in [-0.2, -0.15) is 0 Å². The molecule has 3 saturated carbocycles. The quantitative estimate of drug-likeness (QED) is 0.436. The van der Waals surface area contributed by atoms with Crippen LogP contribution in [0.1, 0.15) is 100 Å². The van der Waals surface area contributed by atoms with Crippen molar-refractivity contribution in [1.29, 1.82) is 0 Å². The number of allylic oxidation sites excluding steroid dienone is 2. The number of fused-ring (bicyclic) bond motifs is 5. The van der Waals surface area contributed by atoms with Gasteiger partial charge in [0.15, 0.2) is 0 Å². The Bertz CT molecular complexity index is 834. The van der Waals surface area contributed by atoms with E-state index in [4.69, 9.17) is 4.74 Å². The van der Waals surface area contributed by atoms with Gasteiger partial charge in [-0.25, -0.2) is 0 Å². The topological polar surface area (TPSA) is 49.7 Å². The fourth-order valence-corrected chi connectivity index (χ4v) is 9.36. The van der Waals surface area contributed by atoms with Crippen LogP contribution in [-0.2, 0) is 4.74 Å². The van der Waals surface area contributed by atoms with E-state index in [2.05, 4.69) is 73.6 Å². The number of hydrogen-bond donors (Lipinski definition) is 2. The molecule has 4 aliphatic rings. The summed E-state index contributed by atoms with van der Waals surface area (Å²) in [4.78, 5) is 0. The lowest BCUT2D eigenvalue weighted by atomic mass is 9.41.